The fourth-order valence-corrected chi connectivity index (χ4v) is 6.27. The van der Waals surface area contributed by atoms with Gasteiger partial charge in [-0.25, -0.2) is 18.4 Å². The molecule has 0 N–H and O–H groups in total. The predicted octanol–water partition coefficient (Wildman–Crippen LogP) is 1.35. The fraction of sp³-hybridized carbons (Fsp3) is 0.722. The molecule has 0 unspecified atom stereocenters. The number of carbonyl (C=O) groups is 1. The molecule has 0 spiro atoms. The summed E-state index contributed by atoms with van der Waals surface area (Å²) >= 11 is 0. The van der Waals surface area contributed by atoms with Crippen molar-refractivity contribution in [2.45, 2.75) is 50.5 Å². The summed E-state index contributed by atoms with van der Waals surface area (Å²) in [5, 5.41) is -0.553. The summed E-state index contributed by atoms with van der Waals surface area (Å²) < 4.78 is 25.6. The molecule has 0 bridgehead atoms. The summed E-state index contributed by atoms with van der Waals surface area (Å²) in [7, 11) is -3.31. The number of carbonyl (C=O) groups excluding carboxylic acids is 1. The summed E-state index contributed by atoms with van der Waals surface area (Å²) in [6, 6.07) is 0. The molecule has 2 saturated heterocycles. The molecule has 3 aliphatic rings. The quantitative estimate of drug-likeness (QED) is 0.733. The van der Waals surface area contributed by atoms with Gasteiger partial charge >= 0.3 is 0 Å². The van der Waals surface area contributed by atoms with Crippen LogP contribution >= 0.6 is 0 Å². The van der Waals surface area contributed by atoms with Crippen LogP contribution in [-0.2, 0) is 20.4 Å². The summed E-state index contributed by atoms with van der Waals surface area (Å²) in [5.41, 5.74) is 0.997. The Morgan fingerprint density at radius 3 is 2.54 bits per heavy atom. The van der Waals surface area contributed by atoms with Gasteiger partial charge in [0.2, 0.25) is 11.9 Å². The molecule has 4 rings (SSSR count). The first-order chi connectivity index (χ1) is 12.2. The molecule has 1 amide bonds. The van der Waals surface area contributed by atoms with E-state index in [4.69, 9.17) is 4.98 Å². The van der Waals surface area contributed by atoms with Crippen LogP contribution in [0.2, 0.25) is 0 Å². The van der Waals surface area contributed by atoms with Gasteiger partial charge in [-0.2, -0.15) is 0 Å². The number of aromatic nitrogens is 2. The van der Waals surface area contributed by atoms with E-state index in [0.717, 1.165) is 31.6 Å². The zero-order chi connectivity index (χ0) is 18.7. The highest BCUT2D eigenvalue weighted by molar-refractivity contribution is 7.91. The minimum Gasteiger partial charge on any atom is -0.341 e. The van der Waals surface area contributed by atoms with Crippen molar-refractivity contribution >= 4 is 21.7 Å². The van der Waals surface area contributed by atoms with Crippen LogP contribution in [0.1, 0.15) is 50.8 Å². The van der Waals surface area contributed by atoms with Crippen molar-refractivity contribution in [3.8, 4) is 0 Å². The molecule has 0 saturated carbocycles. The molecule has 8 heteroatoms. The molecule has 1 aromatic rings. The molecule has 4 heterocycles. The number of nitrogens with zero attached hydrogens (tertiary/aromatic N) is 4. The van der Waals surface area contributed by atoms with Crippen molar-refractivity contribution in [1.29, 1.82) is 0 Å². The molecule has 3 aliphatic heterocycles. The SMILES string of the molecule is CC(C)(C)C(=O)N1C[C@@H]2c3nc(N4CCCC4)ncc3CS(=O)(=O)[C@@H]2C1. The molecule has 2 atom stereocenters. The van der Waals surface area contributed by atoms with Gasteiger partial charge in [-0.15, -0.1) is 0 Å². The van der Waals surface area contributed by atoms with Gasteiger partial charge in [0.05, 0.1) is 16.7 Å². The van der Waals surface area contributed by atoms with Crippen molar-refractivity contribution in [3.63, 3.8) is 0 Å². The Kier molecular flexibility index (Phi) is 4.02. The molecule has 7 nitrogen and oxygen atoms in total. The maximum atomic E-state index is 12.8. The third-order valence-corrected chi connectivity index (χ3v) is 7.75. The third-order valence-electron chi connectivity index (χ3n) is 5.64. The molecule has 0 aliphatic carbocycles. The standard InChI is InChI=1S/C18H26N4O3S/c1-18(2,3)16(23)22-9-13-14(10-22)26(24,25)11-12-8-19-17(20-15(12)13)21-6-4-5-7-21/h8,13-14H,4-7,9-11H2,1-3H3/t13-,14+/m0/s1. The monoisotopic (exact) mass is 378 g/mol. The van der Waals surface area contributed by atoms with E-state index in [1.165, 1.54) is 0 Å². The minimum atomic E-state index is -3.31. The van der Waals surface area contributed by atoms with Gasteiger partial charge in [0.15, 0.2) is 9.84 Å². The zero-order valence-corrected chi connectivity index (χ0v) is 16.4. The van der Waals surface area contributed by atoms with Crippen LogP contribution in [0.3, 0.4) is 0 Å². The topological polar surface area (TPSA) is 83.5 Å². The number of hydrogen-bond donors (Lipinski definition) is 0. The van der Waals surface area contributed by atoms with Gasteiger partial charge in [0, 0.05) is 49.3 Å². The van der Waals surface area contributed by atoms with E-state index >= 15 is 0 Å². The number of likely N-dealkylation sites (tertiary alicyclic amines) is 1. The molecule has 0 aromatic carbocycles. The van der Waals surface area contributed by atoms with Crippen molar-refractivity contribution in [2.24, 2.45) is 5.41 Å². The third kappa shape index (κ3) is 2.88. The Labute approximate surface area is 154 Å². The first-order valence-electron chi connectivity index (χ1n) is 9.28. The van der Waals surface area contributed by atoms with Crippen LogP contribution in [0.25, 0.3) is 0 Å². The van der Waals surface area contributed by atoms with Crippen LogP contribution in [0.4, 0.5) is 5.95 Å². The normalized spacial score (nSPS) is 27.3. The average Bonchev–Trinajstić information content (AvgIpc) is 3.23. The van der Waals surface area contributed by atoms with Crippen molar-refractivity contribution in [1.82, 2.24) is 14.9 Å². The summed E-state index contributed by atoms with van der Waals surface area (Å²) in [6.07, 6.45) is 3.95. The van der Waals surface area contributed by atoms with Crippen LogP contribution in [0, 0.1) is 5.41 Å². The first-order valence-corrected chi connectivity index (χ1v) is 11.0. The Morgan fingerprint density at radius 2 is 1.88 bits per heavy atom. The van der Waals surface area contributed by atoms with Gasteiger partial charge in [-0.05, 0) is 12.8 Å². The van der Waals surface area contributed by atoms with Gasteiger partial charge in [-0.1, -0.05) is 20.8 Å². The van der Waals surface area contributed by atoms with Crippen LogP contribution in [0.5, 0.6) is 0 Å². The summed E-state index contributed by atoms with van der Waals surface area (Å²) in [4.78, 5) is 25.8. The highest BCUT2D eigenvalue weighted by Crippen LogP contribution is 2.40. The summed E-state index contributed by atoms with van der Waals surface area (Å²) in [5.74, 6) is 0.415. The maximum absolute atomic E-state index is 12.8. The lowest BCUT2D eigenvalue weighted by Gasteiger charge is -2.27. The molecule has 142 valence electrons. The highest BCUT2D eigenvalue weighted by Gasteiger charge is 2.49. The van der Waals surface area contributed by atoms with E-state index < -0.39 is 20.5 Å². The number of fused-ring (bicyclic) bond motifs is 3. The number of amides is 1. The Morgan fingerprint density at radius 1 is 1.19 bits per heavy atom. The number of rotatable bonds is 1. The zero-order valence-electron chi connectivity index (χ0n) is 15.6. The van der Waals surface area contributed by atoms with Crippen LogP contribution < -0.4 is 4.90 Å². The lowest BCUT2D eigenvalue weighted by atomic mass is 9.95. The molecular weight excluding hydrogens is 352 g/mol. The molecule has 0 radical (unpaired) electrons. The Hall–Kier alpha value is -1.70. The van der Waals surface area contributed by atoms with Crippen molar-refractivity contribution < 1.29 is 13.2 Å². The van der Waals surface area contributed by atoms with Gasteiger partial charge in [-0.3, -0.25) is 4.79 Å². The van der Waals surface area contributed by atoms with Gasteiger partial charge < -0.3 is 9.80 Å². The smallest absolute Gasteiger partial charge is 0.228 e. The number of anilines is 1. The Balaban J connectivity index is 1.70. The van der Waals surface area contributed by atoms with E-state index in [1.807, 2.05) is 20.8 Å². The van der Waals surface area contributed by atoms with E-state index in [9.17, 15) is 13.2 Å². The second-order valence-electron chi connectivity index (χ2n) is 8.69. The lowest BCUT2D eigenvalue weighted by Crippen LogP contribution is -2.39. The van der Waals surface area contributed by atoms with Crippen molar-refractivity contribution in [3.05, 3.63) is 17.5 Å². The molecule has 2 fully saturated rings. The second-order valence-corrected chi connectivity index (χ2v) is 10.9. The van der Waals surface area contributed by atoms with E-state index in [2.05, 4.69) is 9.88 Å². The average molecular weight is 378 g/mol. The van der Waals surface area contributed by atoms with Gasteiger partial charge in [0.25, 0.3) is 0 Å². The molecular formula is C18H26N4O3S. The maximum Gasteiger partial charge on any atom is 0.228 e. The predicted molar refractivity (Wildman–Crippen MR) is 98.7 cm³/mol. The Bertz CT molecular complexity index is 840. The summed E-state index contributed by atoms with van der Waals surface area (Å²) in [6.45, 7) is 8.18. The van der Waals surface area contributed by atoms with E-state index in [0.29, 0.717) is 18.1 Å². The van der Waals surface area contributed by atoms with Crippen LogP contribution in [-0.4, -0.2) is 60.6 Å². The minimum absolute atomic E-state index is 0.00234. The lowest BCUT2D eigenvalue weighted by molar-refractivity contribution is -0.138. The van der Waals surface area contributed by atoms with E-state index in [1.54, 1.807) is 11.1 Å². The van der Waals surface area contributed by atoms with Gasteiger partial charge in [0.1, 0.15) is 0 Å². The first kappa shape index (κ1) is 17.7. The molecule has 1 aromatic heterocycles. The second kappa shape index (κ2) is 5.90. The fourth-order valence-electron chi connectivity index (χ4n) is 4.28. The van der Waals surface area contributed by atoms with E-state index in [-0.39, 0.29) is 24.1 Å². The van der Waals surface area contributed by atoms with Crippen LogP contribution in [0.15, 0.2) is 6.20 Å². The largest absolute Gasteiger partial charge is 0.341 e. The van der Waals surface area contributed by atoms with Crippen molar-refractivity contribution in [2.75, 3.05) is 31.1 Å². The number of hydrogen-bond acceptors (Lipinski definition) is 6. The molecule has 26 heavy (non-hydrogen) atoms. The number of sulfone groups is 1. The highest BCUT2D eigenvalue weighted by atomic mass is 32.2.